The lowest BCUT2D eigenvalue weighted by Gasteiger charge is -2.32. The predicted molar refractivity (Wildman–Crippen MR) is 96.5 cm³/mol. The van der Waals surface area contributed by atoms with Crippen molar-refractivity contribution in [2.45, 2.75) is 26.7 Å². The fourth-order valence-electron chi connectivity index (χ4n) is 3.51. The third kappa shape index (κ3) is 3.22. The number of hydrogen-bond donors (Lipinski definition) is 2. The number of pyridine rings is 1. The number of H-pyrrole nitrogens is 1. The lowest BCUT2D eigenvalue weighted by atomic mass is 9.95. The van der Waals surface area contributed by atoms with Crippen molar-refractivity contribution in [3.63, 3.8) is 0 Å². The first-order chi connectivity index (χ1) is 11.6. The predicted octanol–water partition coefficient (Wildman–Crippen LogP) is 2.30. The molecule has 5 nitrogen and oxygen atoms in total. The number of carbonyl (C=O) groups is 1. The van der Waals surface area contributed by atoms with Crippen LogP contribution in [0, 0.1) is 12.8 Å². The fraction of sp³-hybridized carbons (Fsp3) is 0.474. The van der Waals surface area contributed by atoms with Gasteiger partial charge in [0, 0.05) is 24.0 Å². The summed E-state index contributed by atoms with van der Waals surface area (Å²) in [6.45, 7) is 7.40. The van der Waals surface area contributed by atoms with Crippen LogP contribution in [0.1, 0.15) is 35.7 Å². The molecule has 0 atom stereocenters. The van der Waals surface area contributed by atoms with Crippen LogP contribution in [-0.4, -0.2) is 42.0 Å². The van der Waals surface area contributed by atoms with E-state index in [1.807, 2.05) is 36.1 Å². The van der Waals surface area contributed by atoms with Crippen LogP contribution in [0.4, 0.5) is 0 Å². The molecular weight excluding hydrogens is 302 g/mol. The lowest BCUT2D eigenvalue weighted by Crippen LogP contribution is -2.42. The van der Waals surface area contributed by atoms with E-state index in [-0.39, 0.29) is 11.5 Å². The zero-order chi connectivity index (χ0) is 17.1. The van der Waals surface area contributed by atoms with Gasteiger partial charge in [-0.25, -0.2) is 0 Å². The van der Waals surface area contributed by atoms with Crippen molar-refractivity contribution in [3.8, 4) is 0 Å². The van der Waals surface area contributed by atoms with Crippen LogP contribution in [0.15, 0.2) is 29.1 Å². The van der Waals surface area contributed by atoms with E-state index < -0.39 is 0 Å². The number of nitrogens with one attached hydrogen (secondary N) is 2. The minimum atomic E-state index is -0.286. The van der Waals surface area contributed by atoms with Gasteiger partial charge in [-0.15, -0.1) is 0 Å². The molecule has 128 valence electrons. The first-order valence-corrected chi connectivity index (χ1v) is 8.73. The molecule has 1 aromatic carbocycles. The van der Waals surface area contributed by atoms with Crippen LogP contribution in [0.3, 0.4) is 0 Å². The molecule has 1 fully saturated rings. The van der Waals surface area contributed by atoms with Crippen LogP contribution in [-0.2, 0) is 0 Å². The molecule has 0 saturated carbocycles. The molecule has 1 saturated heterocycles. The summed E-state index contributed by atoms with van der Waals surface area (Å²) in [4.78, 5) is 30.0. The van der Waals surface area contributed by atoms with Gasteiger partial charge in [-0.1, -0.05) is 25.1 Å². The van der Waals surface area contributed by atoms with Crippen molar-refractivity contribution in [2.24, 2.45) is 5.92 Å². The molecule has 1 amide bonds. The molecule has 0 unspecified atom stereocenters. The average Bonchev–Trinajstić information content (AvgIpc) is 2.60. The summed E-state index contributed by atoms with van der Waals surface area (Å²) < 4.78 is 0. The van der Waals surface area contributed by atoms with Gasteiger partial charge >= 0.3 is 0 Å². The molecule has 2 N–H and O–H groups in total. The van der Waals surface area contributed by atoms with E-state index in [9.17, 15) is 9.59 Å². The van der Waals surface area contributed by atoms with Crippen molar-refractivity contribution in [1.29, 1.82) is 0 Å². The van der Waals surface area contributed by atoms with Gasteiger partial charge in [-0.2, -0.15) is 0 Å². The summed E-state index contributed by atoms with van der Waals surface area (Å²) in [6.07, 6.45) is 1.98. The third-order valence-electron chi connectivity index (χ3n) is 4.98. The van der Waals surface area contributed by atoms with Crippen molar-refractivity contribution in [2.75, 3.05) is 26.2 Å². The Morgan fingerprint density at radius 3 is 2.71 bits per heavy atom. The summed E-state index contributed by atoms with van der Waals surface area (Å²) in [7, 11) is 0. The Hall–Kier alpha value is -2.14. The quantitative estimate of drug-likeness (QED) is 0.905. The molecule has 2 heterocycles. The number of hydrogen-bond acceptors (Lipinski definition) is 3. The van der Waals surface area contributed by atoms with Crippen LogP contribution in [0.25, 0.3) is 10.9 Å². The maximum absolute atomic E-state index is 12.9. The highest BCUT2D eigenvalue weighted by molar-refractivity contribution is 5.99. The number of nitrogens with zero attached hydrogens (tertiary/aromatic N) is 1. The SMILES string of the molecule is CCNCC1CCN(C(=O)c2c(C)c3ccccc3[nH]c2=O)CC1. The number of rotatable bonds is 4. The zero-order valence-electron chi connectivity index (χ0n) is 14.4. The topological polar surface area (TPSA) is 65.2 Å². The van der Waals surface area contributed by atoms with Crippen LogP contribution in [0.5, 0.6) is 0 Å². The van der Waals surface area contributed by atoms with E-state index in [0.717, 1.165) is 55.5 Å². The molecule has 24 heavy (non-hydrogen) atoms. The second kappa shape index (κ2) is 7.18. The van der Waals surface area contributed by atoms with Gasteiger partial charge in [-0.05, 0) is 50.4 Å². The highest BCUT2D eigenvalue weighted by Crippen LogP contribution is 2.21. The van der Waals surface area contributed by atoms with Crippen molar-refractivity contribution < 1.29 is 4.79 Å². The Balaban J connectivity index is 1.81. The lowest BCUT2D eigenvalue weighted by molar-refractivity contribution is 0.0688. The number of benzene rings is 1. The second-order valence-corrected chi connectivity index (χ2v) is 6.54. The van der Waals surface area contributed by atoms with Crippen LogP contribution < -0.4 is 10.9 Å². The highest BCUT2D eigenvalue weighted by atomic mass is 16.2. The number of carbonyl (C=O) groups excluding carboxylic acids is 1. The van der Waals surface area contributed by atoms with E-state index in [2.05, 4.69) is 17.2 Å². The largest absolute Gasteiger partial charge is 0.338 e. The summed E-state index contributed by atoms with van der Waals surface area (Å²) >= 11 is 0. The second-order valence-electron chi connectivity index (χ2n) is 6.54. The molecular formula is C19H25N3O2. The van der Waals surface area contributed by atoms with Gasteiger partial charge in [0.1, 0.15) is 5.56 Å². The normalized spacial score (nSPS) is 15.8. The maximum Gasteiger partial charge on any atom is 0.261 e. The molecule has 1 aliphatic rings. The first kappa shape index (κ1) is 16.7. The first-order valence-electron chi connectivity index (χ1n) is 8.73. The van der Waals surface area contributed by atoms with Gasteiger partial charge in [0.05, 0.1) is 0 Å². The molecule has 1 aliphatic heterocycles. The Labute approximate surface area is 142 Å². The van der Waals surface area contributed by atoms with E-state index in [1.54, 1.807) is 0 Å². The maximum atomic E-state index is 12.9. The Bertz CT molecular complexity index is 789. The Morgan fingerprint density at radius 2 is 2.00 bits per heavy atom. The molecule has 0 bridgehead atoms. The van der Waals surface area contributed by atoms with Gasteiger partial charge < -0.3 is 15.2 Å². The highest BCUT2D eigenvalue weighted by Gasteiger charge is 2.26. The van der Waals surface area contributed by atoms with Crippen LogP contribution >= 0.6 is 0 Å². The number of fused-ring (bicyclic) bond motifs is 1. The molecule has 0 spiro atoms. The zero-order valence-corrected chi connectivity index (χ0v) is 14.4. The Kier molecular flexibility index (Phi) is 5.00. The van der Waals surface area contributed by atoms with E-state index in [1.165, 1.54) is 0 Å². The van der Waals surface area contributed by atoms with E-state index >= 15 is 0 Å². The van der Waals surface area contributed by atoms with Gasteiger partial charge in [0.25, 0.3) is 11.5 Å². The molecule has 2 aromatic rings. The van der Waals surface area contributed by atoms with Crippen molar-refractivity contribution in [1.82, 2.24) is 15.2 Å². The molecule has 0 radical (unpaired) electrons. The van der Waals surface area contributed by atoms with E-state index in [0.29, 0.717) is 11.5 Å². The minimum absolute atomic E-state index is 0.138. The number of para-hydroxylation sites is 1. The number of piperidine rings is 1. The van der Waals surface area contributed by atoms with Crippen LogP contribution in [0.2, 0.25) is 0 Å². The average molecular weight is 327 g/mol. The summed E-state index contributed by atoms with van der Waals surface area (Å²) in [5, 5.41) is 4.31. The smallest absolute Gasteiger partial charge is 0.261 e. The summed E-state index contributed by atoms with van der Waals surface area (Å²) in [5.74, 6) is 0.478. The van der Waals surface area contributed by atoms with E-state index in [4.69, 9.17) is 0 Å². The summed E-state index contributed by atoms with van der Waals surface area (Å²) in [5.41, 5.74) is 1.56. The number of amides is 1. The van der Waals surface area contributed by atoms with Crippen molar-refractivity contribution >= 4 is 16.8 Å². The number of aryl methyl sites for hydroxylation is 1. The monoisotopic (exact) mass is 327 g/mol. The standard InChI is InChI=1S/C19H25N3O2/c1-3-20-12-14-8-10-22(11-9-14)19(24)17-13(2)15-6-4-5-7-16(15)21-18(17)23/h4-7,14,20H,3,8-12H2,1-2H3,(H,21,23). The van der Waals surface area contributed by atoms with Gasteiger partial charge in [0.15, 0.2) is 0 Å². The molecule has 5 heteroatoms. The van der Waals surface area contributed by atoms with Gasteiger partial charge in [0.2, 0.25) is 0 Å². The number of aromatic amines is 1. The Morgan fingerprint density at radius 1 is 1.29 bits per heavy atom. The van der Waals surface area contributed by atoms with Gasteiger partial charge in [-0.3, -0.25) is 9.59 Å². The number of aromatic nitrogens is 1. The molecule has 1 aromatic heterocycles. The van der Waals surface area contributed by atoms with Crippen molar-refractivity contribution in [3.05, 3.63) is 45.7 Å². The fourth-order valence-corrected chi connectivity index (χ4v) is 3.51. The minimum Gasteiger partial charge on any atom is -0.338 e. The number of likely N-dealkylation sites (tertiary alicyclic amines) is 1. The summed E-state index contributed by atoms with van der Waals surface area (Å²) in [6, 6.07) is 7.62. The molecule has 3 rings (SSSR count). The molecule has 0 aliphatic carbocycles. The third-order valence-corrected chi connectivity index (χ3v) is 4.98.